The van der Waals surface area contributed by atoms with E-state index in [1.165, 1.54) is 0 Å². The van der Waals surface area contributed by atoms with Gasteiger partial charge in [0.25, 0.3) is 0 Å². The summed E-state index contributed by atoms with van der Waals surface area (Å²) in [7, 11) is 0. The molecule has 0 saturated carbocycles. The molecule has 0 aliphatic rings. The summed E-state index contributed by atoms with van der Waals surface area (Å²) in [5.41, 5.74) is 1.73. The highest BCUT2D eigenvalue weighted by molar-refractivity contribution is 7.99. The second-order valence-electron chi connectivity index (χ2n) is 4.67. The van der Waals surface area contributed by atoms with Crippen molar-refractivity contribution in [1.82, 2.24) is 0 Å². The zero-order valence-corrected chi connectivity index (χ0v) is 12.6. The van der Waals surface area contributed by atoms with Crippen molar-refractivity contribution in [3.05, 3.63) is 66.2 Å². The van der Waals surface area contributed by atoms with E-state index >= 15 is 0 Å². The van der Waals surface area contributed by atoms with Crippen molar-refractivity contribution in [3.63, 3.8) is 0 Å². The maximum absolute atomic E-state index is 11.7. The molecule has 21 heavy (non-hydrogen) atoms. The topological polar surface area (TPSA) is 49.3 Å². The molecule has 2 rings (SSSR count). The van der Waals surface area contributed by atoms with Crippen LogP contribution in [0.25, 0.3) is 0 Å². The standard InChI is InChI=1S/C17H19NO2S/c19-16(14-7-3-1-4-8-14)13-21-12-11-17(20)18-15-9-5-2-6-10-15/h1-10,16,19H,11-13H2,(H,18,20). The van der Waals surface area contributed by atoms with Crippen molar-refractivity contribution in [2.24, 2.45) is 0 Å². The average Bonchev–Trinajstić information content (AvgIpc) is 2.53. The first-order valence-corrected chi connectivity index (χ1v) is 8.07. The molecule has 0 aliphatic heterocycles. The van der Waals surface area contributed by atoms with Gasteiger partial charge in [-0.1, -0.05) is 48.5 Å². The van der Waals surface area contributed by atoms with E-state index in [-0.39, 0.29) is 5.91 Å². The lowest BCUT2D eigenvalue weighted by molar-refractivity contribution is -0.115. The molecule has 4 heteroatoms. The predicted molar refractivity (Wildman–Crippen MR) is 88.4 cm³/mol. The van der Waals surface area contributed by atoms with Crippen molar-refractivity contribution in [1.29, 1.82) is 0 Å². The smallest absolute Gasteiger partial charge is 0.225 e. The number of aliphatic hydroxyl groups is 1. The van der Waals surface area contributed by atoms with E-state index in [0.29, 0.717) is 17.9 Å². The first kappa shape index (κ1) is 15.6. The summed E-state index contributed by atoms with van der Waals surface area (Å²) in [6.45, 7) is 0. The van der Waals surface area contributed by atoms with Crippen LogP contribution in [0.5, 0.6) is 0 Å². The molecule has 0 spiro atoms. The summed E-state index contributed by atoms with van der Waals surface area (Å²) in [4.78, 5) is 11.7. The normalized spacial score (nSPS) is 11.9. The van der Waals surface area contributed by atoms with Gasteiger partial charge in [0.15, 0.2) is 0 Å². The number of rotatable bonds is 7. The number of amides is 1. The number of aliphatic hydroxyl groups excluding tert-OH is 1. The van der Waals surface area contributed by atoms with Crippen LogP contribution in [-0.2, 0) is 4.79 Å². The highest BCUT2D eigenvalue weighted by atomic mass is 32.2. The van der Waals surface area contributed by atoms with Crippen LogP contribution in [-0.4, -0.2) is 22.5 Å². The molecular weight excluding hydrogens is 282 g/mol. The number of nitrogens with one attached hydrogen (secondary N) is 1. The first-order chi connectivity index (χ1) is 10.3. The molecule has 2 aromatic carbocycles. The van der Waals surface area contributed by atoms with Crippen LogP contribution >= 0.6 is 11.8 Å². The van der Waals surface area contributed by atoms with Crippen LogP contribution in [0, 0.1) is 0 Å². The Kier molecular flexibility index (Phi) is 6.31. The Labute approximate surface area is 129 Å². The molecule has 0 aromatic heterocycles. The number of hydrogen-bond acceptors (Lipinski definition) is 3. The maximum atomic E-state index is 11.7. The van der Waals surface area contributed by atoms with E-state index in [4.69, 9.17) is 0 Å². The third-order valence-electron chi connectivity index (χ3n) is 2.99. The summed E-state index contributed by atoms with van der Waals surface area (Å²) in [6.07, 6.45) is -0.0328. The van der Waals surface area contributed by atoms with Crippen molar-refractivity contribution < 1.29 is 9.90 Å². The molecule has 0 aliphatic carbocycles. The number of benzene rings is 2. The van der Waals surface area contributed by atoms with Gasteiger partial charge >= 0.3 is 0 Å². The zero-order chi connectivity index (χ0) is 14.9. The Morgan fingerprint density at radius 3 is 2.33 bits per heavy atom. The molecule has 2 aromatic rings. The fourth-order valence-electron chi connectivity index (χ4n) is 1.88. The minimum Gasteiger partial charge on any atom is -0.388 e. The van der Waals surface area contributed by atoms with Gasteiger partial charge in [0.2, 0.25) is 5.91 Å². The van der Waals surface area contributed by atoms with E-state index in [2.05, 4.69) is 5.32 Å². The summed E-state index contributed by atoms with van der Waals surface area (Å²) < 4.78 is 0. The molecule has 1 atom stereocenters. The number of para-hydroxylation sites is 1. The molecule has 0 radical (unpaired) electrons. The molecule has 1 unspecified atom stereocenters. The van der Waals surface area contributed by atoms with Gasteiger partial charge < -0.3 is 10.4 Å². The molecular formula is C17H19NO2S. The van der Waals surface area contributed by atoms with Crippen LogP contribution in [0.1, 0.15) is 18.1 Å². The Balaban J connectivity index is 1.64. The fraction of sp³-hybridized carbons (Fsp3) is 0.235. The minimum atomic E-state index is -0.478. The van der Waals surface area contributed by atoms with Gasteiger partial charge in [-0.2, -0.15) is 11.8 Å². The summed E-state index contributed by atoms with van der Waals surface area (Å²) in [6, 6.07) is 19.0. The summed E-state index contributed by atoms with van der Waals surface area (Å²) in [5, 5.41) is 12.8. The third-order valence-corrected chi connectivity index (χ3v) is 4.04. The van der Waals surface area contributed by atoms with Gasteiger partial charge in [-0.25, -0.2) is 0 Å². The number of anilines is 1. The average molecular weight is 301 g/mol. The lowest BCUT2D eigenvalue weighted by atomic mass is 10.1. The van der Waals surface area contributed by atoms with Gasteiger partial charge in [0.1, 0.15) is 0 Å². The van der Waals surface area contributed by atoms with Gasteiger partial charge in [0.05, 0.1) is 6.10 Å². The van der Waals surface area contributed by atoms with Gasteiger partial charge in [-0.3, -0.25) is 4.79 Å². The van der Waals surface area contributed by atoms with E-state index in [9.17, 15) is 9.90 Å². The monoisotopic (exact) mass is 301 g/mol. The Morgan fingerprint density at radius 1 is 1.05 bits per heavy atom. The van der Waals surface area contributed by atoms with E-state index in [1.807, 2.05) is 60.7 Å². The zero-order valence-electron chi connectivity index (χ0n) is 11.7. The van der Waals surface area contributed by atoms with E-state index in [1.54, 1.807) is 11.8 Å². The molecule has 0 fully saturated rings. The summed E-state index contributed by atoms with van der Waals surface area (Å²) >= 11 is 1.58. The Morgan fingerprint density at radius 2 is 1.67 bits per heavy atom. The van der Waals surface area contributed by atoms with Crippen LogP contribution in [0.4, 0.5) is 5.69 Å². The second kappa shape index (κ2) is 8.49. The van der Waals surface area contributed by atoms with E-state index < -0.39 is 6.10 Å². The maximum Gasteiger partial charge on any atom is 0.225 e. The number of thioether (sulfide) groups is 1. The first-order valence-electron chi connectivity index (χ1n) is 6.91. The summed E-state index contributed by atoms with van der Waals surface area (Å²) in [5.74, 6) is 1.30. The van der Waals surface area contributed by atoms with Gasteiger partial charge in [-0.05, 0) is 17.7 Å². The van der Waals surface area contributed by atoms with Crippen molar-refractivity contribution >= 4 is 23.4 Å². The molecule has 110 valence electrons. The number of hydrogen-bond donors (Lipinski definition) is 2. The quantitative estimate of drug-likeness (QED) is 0.770. The van der Waals surface area contributed by atoms with Gasteiger partial charge in [-0.15, -0.1) is 0 Å². The Bertz CT molecular complexity index is 545. The van der Waals surface area contributed by atoms with Crippen LogP contribution < -0.4 is 5.32 Å². The third kappa shape index (κ3) is 5.61. The fourth-order valence-corrected chi connectivity index (χ4v) is 2.79. The van der Waals surface area contributed by atoms with Crippen molar-refractivity contribution in [3.8, 4) is 0 Å². The number of carbonyl (C=O) groups is 1. The highest BCUT2D eigenvalue weighted by Crippen LogP contribution is 2.18. The molecule has 0 saturated heterocycles. The van der Waals surface area contributed by atoms with Crippen LogP contribution in [0.15, 0.2) is 60.7 Å². The van der Waals surface area contributed by atoms with Crippen LogP contribution in [0.3, 0.4) is 0 Å². The largest absolute Gasteiger partial charge is 0.388 e. The number of carbonyl (C=O) groups excluding carboxylic acids is 1. The second-order valence-corrected chi connectivity index (χ2v) is 5.82. The molecule has 2 N–H and O–H groups in total. The molecule has 3 nitrogen and oxygen atoms in total. The molecule has 1 amide bonds. The molecule has 0 heterocycles. The van der Waals surface area contributed by atoms with Gasteiger partial charge in [0, 0.05) is 23.6 Å². The highest BCUT2D eigenvalue weighted by Gasteiger charge is 2.07. The lowest BCUT2D eigenvalue weighted by Crippen LogP contribution is -2.12. The van der Waals surface area contributed by atoms with Crippen molar-refractivity contribution in [2.45, 2.75) is 12.5 Å². The van der Waals surface area contributed by atoms with E-state index in [0.717, 1.165) is 11.3 Å². The SMILES string of the molecule is O=C(CCSCC(O)c1ccccc1)Nc1ccccc1. The van der Waals surface area contributed by atoms with Crippen molar-refractivity contribution in [2.75, 3.05) is 16.8 Å². The van der Waals surface area contributed by atoms with Crippen LogP contribution in [0.2, 0.25) is 0 Å². The lowest BCUT2D eigenvalue weighted by Gasteiger charge is -2.10. The predicted octanol–water partition coefficient (Wildman–Crippen LogP) is 3.48. The minimum absolute atomic E-state index is 0.00269. The molecule has 0 bridgehead atoms. The Hall–Kier alpha value is -1.78.